The summed E-state index contributed by atoms with van der Waals surface area (Å²) in [5.74, 6) is -0.0894. The molecule has 0 saturated carbocycles. The number of nitrogens with one attached hydrogen (secondary N) is 1. The van der Waals surface area contributed by atoms with Gasteiger partial charge in [-0.25, -0.2) is 8.42 Å². The Morgan fingerprint density at radius 2 is 1.53 bits per heavy atom. The van der Waals surface area contributed by atoms with E-state index >= 15 is 0 Å². The molecule has 34 heavy (non-hydrogen) atoms. The van der Waals surface area contributed by atoms with Gasteiger partial charge in [-0.2, -0.15) is 0 Å². The van der Waals surface area contributed by atoms with E-state index in [9.17, 15) is 13.2 Å². The maximum Gasteiger partial charge on any atom is 0.262 e. The molecule has 1 heterocycles. The van der Waals surface area contributed by atoms with Crippen molar-refractivity contribution < 1.29 is 13.2 Å². The van der Waals surface area contributed by atoms with Gasteiger partial charge >= 0.3 is 0 Å². The minimum absolute atomic E-state index is 0.0894. The zero-order chi connectivity index (χ0) is 24.5. The first kappa shape index (κ1) is 23.8. The Balaban J connectivity index is 1.46. The highest BCUT2D eigenvalue weighted by Crippen LogP contribution is 2.25. The first-order valence-electron chi connectivity index (χ1n) is 11.5. The lowest BCUT2D eigenvalue weighted by Gasteiger charge is -2.37. The van der Waals surface area contributed by atoms with Crippen LogP contribution in [0.3, 0.4) is 0 Å². The Bertz CT molecular complexity index is 1330. The summed E-state index contributed by atoms with van der Waals surface area (Å²) in [6.45, 7) is 10.6. The van der Waals surface area contributed by atoms with Crippen molar-refractivity contribution in [2.45, 2.75) is 32.6 Å². The quantitative estimate of drug-likeness (QED) is 0.579. The van der Waals surface area contributed by atoms with Crippen LogP contribution in [-0.4, -0.2) is 45.4 Å². The highest BCUT2D eigenvalue weighted by atomic mass is 32.2. The summed E-state index contributed by atoms with van der Waals surface area (Å²) in [4.78, 5) is 17.6. The van der Waals surface area contributed by atoms with Gasteiger partial charge in [0.25, 0.3) is 15.9 Å². The number of anilines is 2. The van der Waals surface area contributed by atoms with Crippen LogP contribution in [0.2, 0.25) is 0 Å². The first-order valence-corrected chi connectivity index (χ1v) is 12.9. The molecule has 0 radical (unpaired) electrons. The summed E-state index contributed by atoms with van der Waals surface area (Å²) in [7, 11) is -3.76. The average Bonchev–Trinajstić information content (AvgIpc) is 2.82. The zero-order valence-corrected chi connectivity index (χ0v) is 20.9. The Morgan fingerprint density at radius 3 is 2.26 bits per heavy atom. The number of benzene rings is 3. The average molecular weight is 478 g/mol. The van der Waals surface area contributed by atoms with Crippen LogP contribution in [0.4, 0.5) is 11.4 Å². The minimum atomic E-state index is -3.76. The fourth-order valence-corrected chi connectivity index (χ4v) is 5.71. The van der Waals surface area contributed by atoms with Crippen molar-refractivity contribution in [3.8, 4) is 0 Å². The van der Waals surface area contributed by atoms with Crippen molar-refractivity contribution in [1.82, 2.24) is 4.90 Å². The van der Waals surface area contributed by atoms with Crippen LogP contribution in [0.1, 0.15) is 32.6 Å². The van der Waals surface area contributed by atoms with Gasteiger partial charge in [-0.05, 0) is 80.3 Å². The van der Waals surface area contributed by atoms with Crippen LogP contribution in [0, 0.1) is 27.7 Å². The predicted octanol–water partition coefficient (Wildman–Crippen LogP) is 4.68. The smallest absolute Gasteiger partial charge is 0.262 e. The number of piperazine rings is 1. The Hall–Kier alpha value is -3.32. The third-order valence-corrected chi connectivity index (χ3v) is 8.00. The number of carbonyl (C=O) groups excluding carboxylic acids is 1. The number of sulfonamides is 1. The molecule has 4 rings (SSSR count). The second kappa shape index (κ2) is 9.50. The van der Waals surface area contributed by atoms with Gasteiger partial charge < -0.3 is 9.80 Å². The lowest BCUT2D eigenvalue weighted by molar-refractivity contribution is 0.0747. The molecule has 1 aliphatic rings. The van der Waals surface area contributed by atoms with E-state index in [2.05, 4.69) is 41.7 Å². The van der Waals surface area contributed by atoms with E-state index in [0.29, 0.717) is 29.9 Å². The van der Waals surface area contributed by atoms with Crippen molar-refractivity contribution in [3.63, 3.8) is 0 Å². The maximum absolute atomic E-state index is 13.2. The summed E-state index contributed by atoms with van der Waals surface area (Å²) in [6, 6.07) is 18.4. The van der Waals surface area contributed by atoms with E-state index in [0.717, 1.165) is 18.7 Å². The molecule has 6 nitrogen and oxygen atoms in total. The molecule has 0 aromatic heterocycles. The van der Waals surface area contributed by atoms with Gasteiger partial charge in [-0.3, -0.25) is 9.52 Å². The fraction of sp³-hybridized carbons (Fsp3) is 0.296. The molecule has 178 valence electrons. The summed E-state index contributed by atoms with van der Waals surface area (Å²) >= 11 is 0. The molecule has 0 bridgehead atoms. The second-order valence-corrected chi connectivity index (χ2v) is 10.6. The molecule has 1 saturated heterocycles. The summed E-state index contributed by atoms with van der Waals surface area (Å²) < 4.78 is 28.6. The molecule has 0 spiro atoms. The molecule has 3 aromatic carbocycles. The highest BCUT2D eigenvalue weighted by molar-refractivity contribution is 7.92. The normalized spacial score (nSPS) is 14.2. The van der Waals surface area contributed by atoms with Gasteiger partial charge in [0, 0.05) is 43.1 Å². The zero-order valence-electron chi connectivity index (χ0n) is 20.1. The van der Waals surface area contributed by atoms with Crippen LogP contribution >= 0.6 is 0 Å². The second-order valence-electron chi connectivity index (χ2n) is 8.95. The van der Waals surface area contributed by atoms with Gasteiger partial charge in [0.15, 0.2) is 0 Å². The first-order chi connectivity index (χ1) is 16.2. The molecule has 1 N–H and O–H groups in total. The minimum Gasteiger partial charge on any atom is -0.368 e. The Kier molecular flexibility index (Phi) is 6.66. The van der Waals surface area contributed by atoms with E-state index in [1.165, 1.54) is 16.8 Å². The van der Waals surface area contributed by atoms with Crippen molar-refractivity contribution in [2.24, 2.45) is 0 Å². The summed E-state index contributed by atoms with van der Waals surface area (Å²) in [6.07, 6.45) is 0. The van der Waals surface area contributed by atoms with Gasteiger partial charge in [0.1, 0.15) is 0 Å². The van der Waals surface area contributed by atoms with Crippen LogP contribution in [-0.2, 0) is 10.0 Å². The number of rotatable bonds is 5. The molecule has 0 unspecified atom stereocenters. The van der Waals surface area contributed by atoms with Gasteiger partial charge in [0.05, 0.1) is 4.90 Å². The van der Waals surface area contributed by atoms with Crippen LogP contribution < -0.4 is 9.62 Å². The van der Waals surface area contributed by atoms with Crippen molar-refractivity contribution >= 4 is 27.3 Å². The molecular weight excluding hydrogens is 446 g/mol. The van der Waals surface area contributed by atoms with E-state index < -0.39 is 10.0 Å². The number of hydrogen-bond donors (Lipinski definition) is 1. The van der Waals surface area contributed by atoms with Gasteiger partial charge in [0.2, 0.25) is 0 Å². The number of hydrogen-bond acceptors (Lipinski definition) is 4. The van der Waals surface area contributed by atoms with E-state index in [1.54, 1.807) is 43.3 Å². The number of aryl methyl sites for hydroxylation is 3. The van der Waals surface area contributed by atoms with Crippen molar-refractivity contribution in [1.29, 1.82) is 0 Å². The van der Waals surface area contributed by atoms with Crippen LogP contribution in [0.15, 0.2) is 65.6 Å². The maximum atomic E-state index is 13.2. The molecule has 0 aliphatic carbocycles. The summed E-state index contributed by atoms with van der Waals surface area (Å²) in [5.41, 5.74) is 6.14. The standard InChI is InChI=1S/C27H31N3O3S/c1-19-11-12-21(3)26(17-19)34(32,33)28-24-9-6-8-23(18-24)27(31)30-15-13-29(14-16-30)25-10-5-7-20(2)22(25)4/h5-12,17-18,28H,13-16H2,1-4H3. The SMILES string of the molecule is Cc1ccc(C)c(S(=O)(=O)Nc2cccc(C(=O)N3CCN(c4cccc(C)c4C)CC3)c2)c1. The third kappa shape index (κ3) is 4.94. The van der Waals surface area contributed by atoms with Crippen molar-refractivity contribution in [2.75, 3.05) is 35.8 Å². The Labute approximate surface area is 202 Å². The van der Waals surface area contributed by atoms with E-state index in [4.69, 9.17) is 0 Å². The van der Waals surface area contributed by atoms with Crippen LogP contribution in [0.25, 0.3) is 0 Å². The predicted molar refractivity (Wildman–Crippen MR) is 137 cm³/mol. The molecule has 1 fully saturated rings. The lowest BCUT2D eigenvalue weighted by atomic mass is 10.1. The van der Waals surface area contributed by atoms with Crippen molar-refractivity contribution in [3.05, 3.63) is 88.5 Å². The Morgan fingerprint density at radius 1 is 0.824 bits per heavy atom. The van der Waals surface area contributed by atoms with Gasteiger partial charge in [-0.15, -0.1) is 0 Å². The third-order valence-electron chi connectivity index (χ3n) is 6.48. The molecule has 0 atom stereocenters. The largest absolute Gasteiger partial charge is 0.368 e. The number of nitrogens with zero attached hydrogens (tertiary/aromatic N) is 2. The summed E-state index contributed by atoms with van der Waals surface area (Å²) in [5, 5.41) is 0. The highest BCUT2D eigenvalue weighted by Gasteiger charge is 2.24. The van der Waals surface area contributed by atoms with Crippen LogP contribution in [0.5, 0.6) is 0 Å². The van der Waals surface area contributed by atoms with E-state index in [-0.39, 0.29) is 10.8 Å². The van der Waals surface area contributed by atoms with E-state index in [1.807, 2.05) is 17.9 Å². The fourth-order valence-electron chi connectivity index (χ4n) is 4.33. The molecule has 7 heteroatoms. The topological polar surface area (TPSA) is 69.7 Å². The monoisotopic (exact) mass is 477 g/mol. The number of amides is 1. The number of carbonyl (C=O) groups is 1. The molecular formula is C27H31N3O3S. The molecule has 1 amide bonds. The lowest BCUT2D eigenvalue weighted by Crippen LogP contribution is -2.49. The molecule has 1 aliphatic heterocycles. The van der Waals surface area contributed by atoms with Gasteiger partial charge in [-0.1, -0.05) is 30.3 Å². The molecule has 3 aromatic rings.